The third-order valence-corrected chi connectivity index (χ3v) is 5.20. The van der Waals surface area contributed by atoms with Crippen LogP contribution in [0.4, 0.5) is 5.69 Å². The van der Waals surface area contributed by atoms with E-state index in [2.05, 4.69) is 69.0 Å². The minimum absolute atomic E-state index is 0.0762. The van der Waals surface area contributed by atoms with Gasteiger partial charge in [0.15, 0.2) is 0 Å². The van der Waals surface area contributed by atoms with Crippen LogP contribution < -0.4 is 10.1 Å². The predicted octanol–water partition coefficient (Wildman–Crippen LogP) is 6.10. The van der Waals surface area contributed by atoms with Crippen molar-refractivity contribution in [2.75, 3.05) is 12.4 Å². The van der Waals surface area contributed by atoms with Crippen molar-refractivity contribution >= 4 is 81.4 Å². The lowest BCUT2D eigenvalue weighted by Gasteiger charge is -2.09. The van der Waals surface area contributed by atoms with Crippen LogP contribution in [-0.4, -0.2) is 18.1 Å². The number of carbonyl (C=O) groups excluding carboxylic acids is 1. The van der Waals surface area contributed by atoms with Gasteiger partial charge in [0.25, 0.3) is 0 Å². The van der Waals surface area contributed by atoms with Crippen molar-refractivity contribution in [3.8, 4) is 11.5 Å². The Kier molecular flexibility index (Phi) is 6.91. The summed E-state index contributed by atoms with van der Waals surface area (Å²) in [5.41, 5.74) is 1.30. The van der Waals surface area contributed by atoms with E-state index in [1.54, 1.807) is 25.3 Å². The number of phenols is 1. The standard InChI is InChI=1S/C16H11Br4NO3/c1-24-16-8(4-9(17)5-13(16)20)2-3-14(22)21-10-6-11(18)15(23)12(19)7-10/h2-7,23H,1H3,(H,21,22). The molecule has 2 rings (SSSR count). The topological polar surface area (TPSA) is 58.6 Å². The Morgan fingerprint density at radius 1 is 1.08 bits per heavy atom. The molecule has 24 heavy (non-hydrogen) atoms. The van der Waals surface area contributed by atoms with Gasteiger partial charge in [-0.05, 0) is 78.1 Å². The first-order valence-corrected chi connectivity index (χ1v) is 9.69. The van der Waals surface area contributed by atoms with Gasteiger partial charge in [-0.2, -0.15) is 0 Å². The lowest BCUT2D eigenvalue weighted by Crippen LogP contribution is -2.07. The zero-order valence-corrected chi connectivity index (χ0v) is 18.6. The zero-order valence-electron chi connectivity index (χ0n) is 12.2. The number of hydrogen-bond donors (Lipinski definition) is 2. The maximum Gasteiger partial charge on any atom is 0.248 e. The molecule has 0 aliphatic carbocycles. The molecule has 0 saturated heterocycles. The summed E-state index contributed by atoms with van der Waals surface area (Å²) >= 11 is 13.3. The summed E-state index contributed by atoms with van der Waals surface area (Å²) in [5.74, 6) is 0.405. The van der Waals surface area contributed by atoms with E-state index in [1.807, 2.05) is 12.1 Å². The highest BCUT2D eigenvalue weighted by Crippen LogP contribution is 2.35. The number of phenolic OH excluding ortho intramolecular Hbond substituents is 1. The van der Waals surface area contributed by atoms with Crippen molar-refractivity contribution in [3.63, 3.8) is 0 Å². The summed E-state index contributed by atoms with van der Waals surface area (Å²) < 4.78 is 7.94. The van der Waals surface area contributed by atoms with Crippen LogP contribution in [0.2, 0.25) is 0 Å². The largest absolute Gasteiger partial charge is 0.506 e. The summed E-state index contributed by atoms with van der Waals surface area (Å²) in [6.07, 6.45) is 3.07. The van der Waals surface area contributed by atoms with Crippen molar-refractivity contribution in [2.24, 2.45) is 0 Å². The van der Waals surface area contributed by atoms with Crippen molar-refractivity contribution in [3.05, 3.63) is 53.8 Å². The van der Waals surface area contributed by atoms with Gasteiger partial charge in [0, 0.05) is 21.8 Å². The van der Waals surface area contributed by atoms with E-state index in [9.17, 15) is 9.90 Å². The molecule has 126 valence electrons. The van der Waals surface area contributed by atoms with Crippen molar-refractivity contribution in [1.82, 2.24) is 0 Å². The van der Waals surface area contributed by atoms with Crippen LogP contribution >= 0.6 is 63.7 Å². The number of methoxy groups -OCH3 is 1. The average molecular weight is 585 g/mol. The maximum absolute atomic E-state index is 12.1. The molecule has 4 nitrogen and oxygen atoms in total. The fourth-order valence-electron chi connectivity index (χ4n) is 1.91. The number of anilines is 1. The van der Waals surface area contributed by atoms with E-state index in [4.69, 9.17) is 4.74 Å². The summed E-state index contributed by atoms with van der Waals surface area (Å²) in [7, 11) is 1.57. The quantitative estimate of drug-likeness (QED) is 0.337. The van der Waals surface area contributed by atoms with E-state index >= 15 is 0 Å². The first kappa shape index (κ1) is 19.5. The maximum atomic E-state index is 12.1. The Labute approximate surface area is 172 Å². The molecule has 0 radical (unpaired) electrons. The third-order valence-electron chi connectivity index (χ3n) is 2.94. The Hall–Kier alpha value is -0.830. The van der Waals surface area contributed by atoms with E-state index in [0.717, 1.165) is 14.5 Å². The molecule has 8 heteroatoms. The smallest absolute Gasteiger partial charge is 0.248 e. The molecule has 0 aliphatic rings. The second kappa shape index (κ2) is 8.51. The number of aromatic hydroxyl groups is 1. The molecule has 0 aliphatic heterocycles. The van der Waals surface area contributed by atoms with Crippen molar-refractivity contribution in [2.45, 2.75) is 0 Å². The highest BCUT2D eigenvalue weighted by atomic mass is 79.9. The fraction of sp³-hybridized carbons (Fsp3) is 0.0625. The van der Waals surface area contributed by atoms with Crippen LogP contribution in [0.25, 0.3) is 6.08 Å². The summed E-state index contributed by atoms with van der Waals surface area (Å²) in [6.45, 7) is 0. The van der Waals surface area contributed by atoms with Crippen LogP contribution in [0.15, 0.2) is 48.2 Å². The average Bonchev–Trinajstić information content (AvgIpc) is 2.50. The van der Waals surface area contributed by atoms with Crippen LogP contribution in [-0.2, 0) is 4.79 Å². The van der Waals surface area contributed by atoms with E-state index in [-0.39, 0.29) is 11.7 Å². The third kappa shape index (κ3) is 4.84. The van der Waals surface area contributed by atoms with E-state index in [1.165, 1.54) is 6.08 Å². The highest BCUT2D eigenvalue weighted by Gasteiger charge is 2.09. The molecule has 2 N–H and O–H groups in total. The van der Waals surface area contributed by atoms with Gasteiger partial charge in [0.05, 0.1) is 20.5 Å². The monoisotopic (exact) mass is 581 g/mol. The second-order valence-electron chi connectivity index (χ2n) is 4.62. The molecular weight excluding hydrogens is 574 g/mol. The number of halogens is 4. The van der Waals surface area contributed by atoms with Gasteiger partial charge < -0.3 is 15.2 Å². The number of ether oxygens (including phenoxy) is 1. The first-order valence-electron chi connectivity index (χ1n) is 6.52. The number of nitrogens with one attached hydrogen (secondary N) is 1. The molecule has 0 fully saturated rings. The van der Waals surface area contributed by atoms with E-state index in [0.29, 0.717) is 20.4 Å². The van der Waals surface area contributed by atoms with Gasteiger partial charge in [0.2, 0.25) is 5.91 Å². The van der Waals surface area contributed by atoms with Gasteiger partial charge in [-0.1, -0.05) is 15.9 Å². The molecule has 0 unspecified atom stereocenters. The second-order valence-corrected chi connectivity index (χ2v) is 8.10. The van der Waals surface area contributed by atoms with Gasteiger partial charge in [-0.3, -0.25) is 4.79 Å². The summed E-state index contributed by atoms with van der Waals surface area (Å²) in [5, 5.41) is 12.4. The normalized spacial score (nSPS) is 10.9. The molecule has 0 heterocycles. The van der Waals surface area contributed by atoms with Crippen molar-refractivity contribution in [1.29, 1.82) is 0 Å². The van der Waals surface area contributed by atoms with Crippen LogP contribution in [0.1, 0.15) is 5.56 Å². The highest BCUT2D eigenvalue weighted by molar-refractivity contribution is 9.11. The van der Waals surface area contributed by atoms with Gasteiger partial charge in [0.1, 0.15) is 11.5 Å². The molecule has 0 spiro atoms. The zero-order chi connectivity index (χ0) is 17.9. The molecule has 1 amide bonds. The number of carbonyl (C=O) groups is 1. The SMILES string of the molecule is COc1c(Br)cc(Br)cc1C=CC(=O)Nc1cc(Br)c(O)c(Br)c1. The molecule has 2 aromatic carbocycles. The number of rotatable bonds is 4. The molecule has 2 aromatic rings. The van der Waals surface area contributed by atoms with Crippen LogP contribution in [0.5, 0.6) is 11.5 Å². The Morgan fingerprint density at radius 3 is 2.29 bits per heavy atom. The van der Waals surface area contributed by atoms with E-state index < -0.39 is 0 Å². The lowest BCUT2D eigenvalue weighted by molar-refractivity contribution is -0.111. The first-order chi connectivity index (χ1) is 11.3. The van der Waals surface area contributed by atoms with Crippen LogP contribution in [0, 0.1) is 0 Å². The van der Waals surface area contributed by atoms with Crippen LogP contribution in [0.3, 0.4) is 0 Å². The Morgan fingerprint density at radius 2 is 1.71 bits per heavy atom. The molecule has 0 aromatic heterocycles. The predicted molar refractivity (Wildman–Crippen MR) is 110 cm³/mol. The van der Waals surface area contributed by atoms with Gasteiger partial charge in [-0.25, -0.2) is 0 Å². The summed E-state index contributed by atoms with van der Waals surface area (Å²) in [6, 6.07) is 6.94. The fourth-order valence-corrected chi connectivity index (χ4v) is 4.51. The Balaban J connectivity index is 2.20. The Bertz CT molecular complexity index is 798. The number of hydrogen-bond acceptors (Lipinski definition) is 3. The minimum Gasteiger partial charge on any atom is -0.506 e. The summed E-state index contributed by atoms with van der Waals surface area (Å²) in [4.78, 5) is 12.1. The van der Waals surface area contributed by atoms with Crippen molar-refractivity contribution < 1.29 is 14.6 Å². The molecule has 0 atom stereocenters. The number of amides is 1. The molecule has 0 saturated carbocycles. The van der Waals surface area contributed by atoms with Gasteiger partial charge >= 0.3 is 0 Å². The van der Waals surface area contributed by atoms with Gasteiger partial charge in [-0.15, -0.1) is 0 Å². The number of benzene rings is 2. The minimum atomic E-state index is -0.308. The lowest BCUT2D eigenvalue weighted by atomic mass is 10.2. The molecule has 0 bridgehead atoms. The molecular formula is C16H11Br4NO3.